The second kappa shape index (κ2) is 4.49. The lowest BCUT2D eigenvalue weighted by molar-refractivity contribution is 0.364. The average Bonchev–Trinajstić information content (AvgIpc) is 2.81. The Balaban J connectivity index is 2.14. The highest BCUT2D eigenvalue weighted by Crippen LogP contribution is 2.10. The molecule has 16 heavy (non-hydrogen) atoms. The Hall–Kier alpha value is -1.62. The summed E-state index contributed by atoms with van der Waals surface area (Å²) in [6, 6.07) is 4.15. The monoisotopic (exact) mass is 220 g/mol. The van der Waals surface area contributed by atoms with Crippen LogP contribution >= 0.6 is 0 Å². The van der Waals surface area contributed by atoms with Crippen LogP contribution in [0, 0.1) is 13.8 Å². The van der Waals surface area contributed by atoms with E-state index in [1.165, 1.54) is 11.4 Å². The predicted octanol–water partition coefficient (Wildman–Crippen LogP) is 1.04. The van der Waals surface area contributed by atoms with Gasteiger partial charge in [0.05, 0.1) is 0 Å². The molecule has 2 heterocycles. The Morgan fingerprint density at radius 3 is 2.62 bits per heavy atom. The van der Waals surface area contributed by atoms with Gasteiger partial charge < -0.3 is 14.8 Å². The zero-order valence-corrected chi connectivity index (χ0v) is 9.60. The summed E-state index contributed by atoms with van der Waals surface area (Å²) >= 11 is 0. The van der Waals surface area contributed by atoms with Crippen LogP contribution in [-0.4, -0.2) is 21.3 Å². The molecule has 0 spiro atoms. The molecule has 0 aliphatic heterocycles. The smallest absolute Gasteiger partial charge is 0.246 e. The van der Waals surface area contributed by atoms with Crippen molar-refractivity contribution in [3.63, 3.8) is 0 Å². The molecule has 2 aromatic heterocycles. The first-order valence-electron chi connectivity index (χ1n) is 5.35. The first-order valence-corrected chi connectivity index (χ1v) is 5.35. The third-order valence-electron chi connectivity index (χ3n) is 2.59. The lowest BCUT2D eigenvalue weighted by Crippen LogP contribution is -2.05. The summed E-state index contributed by atoms with van der Waals surface area (Å²) in [5.41, 5.74) is 7.81. The van der Waals surface area contributed by atoms with Gasteiger partial charge in [-0.15, -0.1) is 0 Å². The van der Waals surface area contributed by atoms with Gasteiger partial charge in [0, 0.05) is 17.8 Å². The van der Waals surface area contributed by atoms with E-state index in [1.54, 1.807) is 0 Å². The second-order valence-electron chi connectivity index (χ2n) is 3.85. The summed E-state index contributed by atoms with van der Waals surface area (Å²) in [6.07, 6.45) is 0.660. The molecular weight excluding hydrogens is 204 g/mol. The van der Waals surface area contributed by atoms with Crippen LogP contribution in [-0.2, 0) is 13.0 Å². The summed E-state index contributed by atoms with van der Waals surface area (Å²) < 4.78 is 7.30. The van der Waals surface area contributed by atoms with E-state index in [4.69, 9.17) is 10.3 Å². The number of hydrogen-bond donors (Lipinski definition) is 1. The predicted molar refractivity (Wildman–Crippen MR) is 60.1 cm³/mol. The van der Waals surface area contributed by atoms with E-state index in [2.05, 4.69) is 40.7 Å². The van der Waals surface area contributed by atoms with E-state index < -0.39 is 0 Å². The molecule has 0 unspecified atom stereocenters. The average molecular weight is 220 g/mol. The molecule has 0 fully saturated rings. The highest BCUT2D eigenvalue weighted by molar-refractivity contribution is 5.14. The van der Waals surface area contributed by atoms with Crippen LogP contribution in [0.5, 0.6) is 0 Å². The second-order valence-corrected chi connectivity index (χ2v) is 3.85. The van der Waals surface area contributed by atoms with E-state index in [-0.39, 0.29) is 0 Å². The fourth-order valence-corrected chi connectivity index (χ4v) is 1.67. The molecule has 0 radical (unpaired) electrons. The Bertz CT molecular complexity index is 453. The minimum Gasteiger partial charge on any atom is -0.340 e. The van der Waals surface area contributed by atoms with Crippen molar-refractivity contribution in [3.8, 4) is 0 Å². The number of rotatable bonds is 4. The van der Waals surface area contributed by atoms with Gasteiger partial charge in [-0.05, 0) is 32.5 Å². The summed E-state index contributed by atoms with van der Waals surface area (Å²) in [7, 11) is 0. The molecule has 2 aromatic rings. The summed E-state index contributed by atoms with van der Waals surface area (Å²) in [5, 5.41) is 3.87. The molecule has 5 nitrogen and oxygen atoms in total. The molecule has 86 valence electrons. The largest absolute Gasteiger partial charge is 0.340 e. The third kappa shape index (κ3) is 2.14. The van der Waals surface area contributed by atoms with Gasteiger partial charge in [-0.1, -0.05) is 5.16 Å². The van der Waals surface area contributed by atoms with Gasteiger partial charge in [0.25, 0.3) is 0 Å². The van der Waals surface area contributed by atoms with Gasteiger partial charge in [-0.3, -0.25) is 0 Å². The number of aromatic nitrogens is 3. The third-order valence-corrected chi connectivity index (χ3v) is 2.59. The van der Waals surface area contributed by atoms with E-state index in [1.807, 2.05) is 0 Å². The molecule has 5 heteroatoms. The first kappa shape index (κ1) is 10.9. The molecule has 0 saturated heterocycles. The molecule has 0 aliphatic rings. The molecular formula is C11H16N4O. The number of aryl methyl sites for hydroxylation is 2. The maximum absolute atomic E-state index is 5.43. The van der Waals surface area contributed by atoms with Crippen molar-refractivity contribution < 1.29 is 4.52 Å². The van der Waals surface area contributed by atoms with Crippen LogP contribution in [0.25, 0.3) is 0 Å². The molecule has 2 rings (SSSR count). The molecule has 0 saturated carbocycles. The molecule has 0 aliphatic carbocycles. The molecule has 0 atom stereocenters. The van der Waals surface area contributed by atoms with E-state index in [0.29, 0.717) is 31.2 Å². The SMILES string of the molecule is Cc1ccc(C)n1Cc1nc(CCN)no1. The maximum atomic E-state index is 5.43. The lowest BCUT2D eigenvalue weighted by Gasteiger charge is -2.04. The van der Waals surface area contributed by atoms with Gasteiger partial charge in [0.1, 0.15) is 6.54 Å². The van der Waals surface area contributed by atoms with Crippen LogP contribution in [0.4, 0.5) is 0 Å². The number of nitrogens with zero attached hydrogens (tertiary/aromatic N) is 3. The summed E-state index contributed by atoms with van der Waals surface area (Å²) in [6.45, 7) is 5.29. The van der Waals surface area contributed by atoms with Crippen molar-refractivity contribution >= 4 is 0 Å². The topological polar surface area (TPSA) is 69.9 Å². The van der Waals surface area contributed by atoms with Crippen LogP contribution in [0.3, 0.4) is 0 Å². The lowest BCUT2D eigenvalue weighted by atomic mass is 10.4. The van der Waals surface area contributed by atoms with E-state index >= 15 is 0 Å². The highest BCUT2D eigenvalue weighted by Gasteiger charge is 2.08. The fourth-order valence-electron chi connectivity index (χ4n) is 1.67. The quantitative estimate of drug-likeness (QED) is 0.835. The zero-order chi connectivity index (χ0) is 11.5. The van der Waals surface area contributed by atoms with E-state index in [0.717, 1.165) is 0 Å². The van der Waals surface area contributed by atoms with Crippen LogP contribution in [0.2, 0.25) is 0 Å². The Morgan fingerprint density at radius 1 is 1.31 bits per heavy atom. The minimum absolute atomic E-state index is 0.542. The van der Waals surface area contributed by atoms with Gasteiger partial charge >= 0.3 is 0 Å². The molecule has 0 amide bonds. The summed E-state index contributed by atoms with van der Waals surface area (Å²) in [4.78, 5) is 4.28. The highest BCUT2D eigenvalue weighted by atomic mass is 16.5. The maximum Gasteiger partial charge on any atom is 0.246 e. The van der Waals surface area contributed by atoms with E-state index in [9.17, 15) is 0 Å². The Labute approximate surface area is 94.3 Å². The van der Waals surface area contributed by atoms with Gasteiger partial charge in [0.15, 0.2) is 5.82 Å². The number of nitrogens with two attached hydrogens (primary N) is 1. The van der Waals surface area contributed by atoms with Crippen LogP contribution < -0.4 is 5.73 Å². The van der Waals surface area contributed by atoms with Crippen molar-refractivity contribution in [3.05, 3.63) is 35.2 Å². The summed E-state index contributed by atoms with van der Waals surface area (Å²) in [5.74, 6) is 1.31. The van der Waals surface area contributed by atoms with Crippen LogP contribution in [0.15, 0.2) is 16.7 Å². The first-order chi connectivity index (χ1) is 7.70. The van der Waals surface area contributed by atoms with Crippen molar-refractivity contribution in [1.82, 2.24) is 14.7 Å². The van der Waals surface area contributed by atoms with Crippen LogP contribution in [0.1, 0.15) is 23.1 Å². The fraction of sp³-hybridized carbons (Fsp3) is 0.455. The Kier molecular flexibility index (Phi) is 3.05. The normalized spacial score (nSPS) is 10.9. The van der Waals surface area contributed by atoms with Gasteiger partial charge in [0.2, 0.25) is 5.89 Å². The molecule has 0 bridgehead atoms. The van der Waals surface area contributed by atoms with Gasteiger partial charge in [-0.2, -0.15) is 4.98 Å². The molecule has 2 N–H and O–H groups in total. The standard InChI is InChI=1S/C11H16N4O/c1-8-3-4-9(2)15(8)7-11-13-10(5-6-12)14-16-11/h3-4H,5-7,12H2,1-2H3. The number of hydrogen-bond acceptors (Lipinski definition) is 4. The van der Waals surface area contributed by atoms with Crippen molar-refractivity contribution in [2.45, 2.75) is 26.8 Å². The molecule has 0 aromatic carbocycles. The van der Waals surface area contributed by atoms with Crippen molar-refractivity contribution in [2.24, 2.45) is 5.73 Å². The zero-order valence-electron chi connectivity index (χ0n) is 9.60. The van der Waals surface area contributed by atoms with Crippen molar-refractivity contribution in [2.75, 3.05) is 6.54 Å². The Morgan fingerprint density at radius 2 is 2.00 bits per heavy atom. The van der Waals surface area contributed by atoms with Gasteiger partial charge in [-0.25, -0.2) is 0 Å². The van der Waals surface area contributed by atoms with Crippen molar-refractivity contribution in [1.29, 1.82) is 0 Å². The minimum atomic E-state index is 0.542.